The average Bonchev–Trinajstić information content (AvgIpc) is 3.51. The van der Waals surface area contributed by atoms with E-state index in [4.69, 9.17) is 9.15 Å². The third kappa shape index (κ3) is 3.64. The Kier molecular flexibility index (Phi) is 5.08. The van der Waals surface area contributed by atoms with Crippen LogP contribution in [0.3, 0.4) is 0 Å². The van der Waals surface area contributed by atoms with Crippen LogP contribution in [-0.4, -0.2) is 71.9 Å². The van der Waals surface area contributed by atoms with E-state index in [0.717, 1.165) is 24.6 Å². The number of thioether (sulfide) groups is 1. The smallest absolute Gasteiger partial charge is 0.289 e. The van der Waals surface area contributed by atoms with Crippen molar-refractivity contribution in [3.05, 3.63) is 30.0 Å². The molecule has 0 radical (unpaired) electrons. The molecular formula is C22H25N3O5S. The van der Waals surface area contributed by atoms with Gasteiger partial charge in [-0.15, -0.1) is 0 Å². The van der Waals surface area contributed by atoms with Crippen molar-refractivity contribution in [2.45, 2.75) is 25.3 Å². The molecule has 3 amide bonds. The summed E-state index contributed by atoms with van der Waals surface area (Å²) in [5.41, 5.74) is 0.642. The van der Waals surface area contributed by atoms with E-state index in [-0.39, 0.29) is 22.5 Å². The molecule has 0 aliphatic carbocycles. The number of fused-ring (bicyclic) bond motifs is 1. The molecule has 5 rings (SSSR count). The van der Waals surface area contributed by atoms with Crippen molar-refractivity contribution >= 4 is 39.8 Å². The molecule has 3 saturated heterocycles. The van der Waals surface area contributed by atoms with E-state index in [0.29, 0.717) is 49.0 Å². The van der Waals surface area contributed by atoms with Gasteiger partial charge in [-0.2, -0.15) is 0 Å². The highest BCUT2D eigenvalue weighted by atomic mass is 32.2. The van der Waals surface area contributed by atoms with Gasteiger partial charge in [-0.3, -0.25) is 14.4 Å². The second kappa shape index (κ2) is 7.78. The van der Waals surface area contributed by atoms with Crippen LogP contribution in [0.4, 0.5) is 4.79 Å². The van der Waals surface area contributed by atoms with Crippen molar-refractivity contribution in [3.63, 3.8) is 0 Å². The molecule has 3 fully saturated rings. The molecule has 164 valence electrons. The van der Waals surface area contributed by atoms with Gasteiger partial charge in [-0.05, 0) is 36.8 Å². The van der Waals surface area contributed by atoms with Gasteiger partial charge in [0, 0.05) is 37.3 Å². The number of piperidine rings is 1. The lowest BCUT2D eigenvalue weighted by Crippen LogP contribution is -2.47. The predicted molar refractivity (Wildman–Crippen MR) is 116 cm³/mol. The Hall–Kier alpha value is -2.68. The van der Waals surface area contributed by atoms with E-state index < -0.39 is 6.04 Å². The van der Waals surface area contributed by atoms with Gasteiger partial charge in [0.2, 0.25) is 5.91 Å². The van der Waals surface area contributed by atoms with Crippen LogP contribution >= 0.6 is 11.8 Å². The van der Waals surface area contributed by atoms with Gasteiger partial charge < -0.3 is 24.3 Å². The molecular weight excluding hydrogens is 418 g/mol. The molecule has 8 nitrogen and oxygen atoms in total. The molecule has 2 aromatic rings. The monoisotopic (exact) mass is 443 g/mol. The first kappa shape index (κ1) is 20.2. The van der Waals surface area contributed by atoms with Gasteiger partial charge >= 0.3 is 0 Å². The topological polar surface area (TPSA) is 92.1 Å². The first-order valence-corrected chi connectivity index (χ1v) is 11.5. The van der Waals surface area contributed by atoms with Gasteiger partial charge in [-0.1, -0.05) is 23.9 Å². The van der Waals surface area contributed by atoms with E-state index in [1.807, 2.05) is 28.0 Å². The largest absolute Gasteiger partial charge is 0.493 e. The molecule has 3 aliphatic heterocycles. The maximum absolute atomic E-state index is 13.0. The minimum atomic E-state index is -0.403. The molecule has 0 unspecified atom stereocenters. The normalized spacial score (nSPS) is 22.9. The summed E-state index contributed by atoms with van der Waals surface area (Å²) in [5, 5.41) is 3.46. The van der Waals surface area contributed by atoms with E-state index in [1.54, 1.807) is 13.2 Å². The minimum Gasteiger partial charge on any atom is -0.493 e. The van der Waals surface area contributed by atoms with Gasteiger partial charge in [0.05, 0.1) is 7.11 Å². The van der Waals surface area contributed by atoms with Crippen LogP contribution in [0.2, 0.25) is 0 Å². The highest BCUT2D eigenvalue weighted by molar-refractivity contribution is 8.14. The van der Waals surface area contributed by atoms with Crippen LogP contribution in [0.15, 0.2) is 28.7 Å². The lowest BCUT2D eigenvalue weighted by Gasteiger charge is -2.39. The molecule has 1 aromatic heterocycles. The second-order valence-corrected chi connectivity index (χ2v) is 9.58. The molecule has 1 aromatic carbocycles. The number of furan rings is 1. The quantitative estimate of drug-likeness (QED) is 0.784. The summed E-state index contributed by atoms with van der Waals surface area (Å²) in [4.78, 5) is 40.9. The second-order valence-electron chi connectivity index (χ2n) is 8.59. The molecule has 4 heterocycles. The molecule has 0 saturated carbocycles. The highest BCUT2D eigenvalue weighted by Gasteiger charge is 2.45. The summed E-state index contributed by atoms with van der Waals surface area (Å²) in [6.45, 7) is 2.70. The average molecular weight is 444 g/mol. The third-order valence-electron chi connectivity index (χ3n) is 6.77. The van der Waals surface area contributed by atoms with Crippen LogP contribution < -0.4 is 10.1 Å². The number of nitrogens with one attached hydrogen (secondary N) is 1. The molecule has 0 bridgehead atoms. The number of nitrogens with zero attached hydrogens (tertiary/aromatic N) is 2. The number of hydrogen-bond donors (Lipinski definition) is 1. The summed E-state index contributed by atoms with van der Waals surface area (Å²) in [6.07, 6.45) is 2.66. The number of benzene rings is 1. The maximum atomic E-state index is 13.0. The third-order valence-corrected chi connectivity index (χ3v) is 7.65. The number of ether oxygens (including phenoxy) is 1. The summed E-state index contributed by atoms with van der Waals surface area (Å²) in [7, 11) is 1.58. The zero-order chi connectivity index (χ0) is 21.6. The highest BCUT2D eigenvalue weighted by Crippen LogP contribution is 2.41. The van der Waals surface area contributed by atoms with Crippen molar-refractivity contribution in [3.8, 4) is 5.75 Å². The van der Waals surface area contributed by atoms with Crippen molar-refractivity contribution in [2.24, 2.45) is 5.41 Å². The number of methoxy groups -OCH3 is 1. The molecule has 1 spiro atoms. The summed E-state index contributed by atoms with van der Waals surface area (Å²) in [6, 6.07) is 6.96. The van der Waals surface area contributed by atoms with E-state index in [2.05, 4.69) is 5.32 Å². The summed E-state index contributed by atoms with van der Waals surface area (Å²) >= 11 is 1.17. The number of rotatable bonds is 3. The Balaban J connectivity index is 1.22. The summed E-state index contributed by atoms with van der Waals surface area (Å²) < 4.78 is 11.2. The van der Waals surface area contributed by atoms with Crippen LogP contribution in [0.1, 0.15) is 29.8 Å². The Bertz CT molecular complexity index is 1040. The SMILES string of the molecule is COc1cccc2cc(C(=O)N3CCC4(CC3)CCN(C(=O)[C@@H]3CSC(=O)N3)C4)oc12. The standard InChI is InChI=1S/C22H25N3O5S/c1-29-16-4-2-3-14-11-17(30-18(14)16)20(27)24-8-5-22(6-9-24)7-10-25(13-22)19(26)15-12-31-21(28)23-15/h2-4,11,15H,5-10,12-13H2,1H3,(H,23,28)/t15-/m0/s1. The van der Waals surface area contributed by atoms with Crippen LogP contribution in [0.25, 0.3) is 11.0 Å². The number of para-hydroxylation sites is 1. The number of amides is 3. The molecule has 3 aliphatic rings. The van der Waals surface area contributed by atoms with Crippen molar-refractivity contribution in [1.29, 1.82) is 0 Å². The molecule has 1 atom stereocenters. The van der Waals surface area contributed by atoms with Gasteiger partial charge in [0.1, 0.15) is 6.04 Å². The molecule has 9 heteroatoms. The van der Waals surface area contributed by atoms with E-state index in [9.17, 15) is 14.4 Å². The van der Waals surface area contributed by atoms with Crippen LogP contribution in [0, 0.1) is 5.41 Å². The number of hydrogen-bond acceptors (Lipinski definition) is 6. The lowest BCUT2D eigenvalue weighted by atomic mass is 9.77. The zero-order valence-corrected chi connectivity index (χ0v) is 18.2. The van der Waals surface area contributed by atoms with Gasteiger partial charge in [-0.25, -0.2) is 0 Å². The predicted octanol–water partition coefficient (Wildman–Crippen LogP) is 2.72. The number of carbonyl (C=O) groups excluding carboxylic acids is 3. The Labute approximate surface area is 184 Å². The Morgan fingerprint density at radius 3 is 2.61 bits per heavy atom. The first-order chi connectivity index (χ1) is 15.0. The molecule has 1 N–H and O–H groups in total. The Morgan fingerprint density at radius 1 is 1.19 bits per heavy atom. The number of carbonyl (C=O) groups is 3. The molecule has 31 heavy (non-hydrogen) atoms. The first-order valence-electron chi connectivity index (χ1n) is 10.6. The van der Waals surface area contributed by atoms with E-state index in [1.165, 1.54) is 11.8 Å². The minimum absolute atomic E-state index is 0.0185. The van der Waals surface area contributed by atoms with Crippen molar-refractivity contribution in [2.75, 3.05) is 39.0 Å². The fourth-order valence-electron chi connectivity index (χ4n) is 4.91. The van der Waals surface area contributed by atoms with Gasteiger partial charge in [0.15, 0.2) is 17.1 Å². The fraction of sp³-hybridized carbons (Fsp3) is 0.500. The van der Waals surface area contributed by atoms with Crippen molar-refractivity contribution in [1.82, 2.24) is 15.1 Å². The maximum Gasteiger partial charge on any atom is 0.289 e. The van der Waals surface area contributed by atoms with E-state index >= 15 is 0 Å². The Morgan fingerprint density at radius 2 is 1.94 bits per heavy atom. The summed E-state index contributed by atoms with van der Waals surface area (Å²) in [5.74, 6) is 1.36. The zero-order valence-electron chi connectivity index (χ0n) is 17.4. The fourth-order valence-corrected chi connectivity index (χ4v) is 5.68. The van der Waals surface area contributed by atoms with Crippen LogP contribution in [0.5, 0.6) is 5.75 Å². The van der Waals surface area contributed by atoms with Crippen molar-refractivity contribution < 1.29 is 23.5 Å². The lowest BCUT2D eigenvalue weighted by molar-refractivity contribution is -0.132. The van der Waals surface area contributed by atoms with Crippen LogP contribution in [-0.2, 0) is 4.79 Å². The number of likely N-dealkylation sites (tertiary alicyclic amines) is 2. The van der Waals surface area contributed by atoms with Gasteiger partial charge in [0.25, 0.3) is 11.1 Å².